The van der Waals surface area contributed by atoms with Gasteiger partial charge < -0.3 is 5.32 Å². The van der Waals surface area contributed by atoms with Crippen LogP contribution in [0, 0.1) is 0 Å². The minimum Gasteiger partial charge on any atom is -0.350 e. The van der Waals surface area contributed by atoms with Crippen molar-refractivity contribution in [1.29, 1.82) is 0 Å². The highest BCUT2D eigenvalue weighted by Crippen LogP contribution is 2.20. The number of aromatic nitrogens is 1. The third-order valence-electron chi connectivity index (χ3n) is 3.15. The third kappa shape index (κ3) is 4.25. The maximum Gasteiger partial charge on any atom is 0.252 e. The lowest BCUT2D eigenvalue weighted by atomic mass is 10.1. The van der Waals surface area contributed by atoms with Crippen molar-refractivity contribution < 1.29 is 9.00 Å². The summed E-state index contributed by atoms with van der Waals surface area (Å²) in [6, 6.07) is 8.91. The number of hydrogen-bond acceptors (Lipinski definition) is 3. The van der Waals surface area contributed by atoms with E-state index in [1.807, 2.05) is 31.2 Å². The lowest BCUT2D eigenvalue weighted by Crippen LogP contribution is -2.33. The first kappa shape index (κ1) is 15.9. The number of fused-ring (bicyclic) bond motifs is 1. The average Bonchev–Trinajstić information content (AvgIpc) is 2.44. The quantitative estimate of drug-likeness (QED) is 0.860. The van der Waals surface area contributed by atoms with Gasteiger partial charge in [-0.1, -0.05) is 29.8 Å². The van der Waals surface area contributed by atoms with E-state index in [-0.39, 0.29) is 11.9 Å². The molecule has 1 aromatic carbocycles. The fourth-order valence-corrected chi connectivity index (χ4v) is 2.93. The number of nitrogens with zero attached hydrogens (tertiary/aromatic N) is 1. The van der Waals surface area contributed by atoms with Gasteiger partial charge in [0, 0.05) is 34.2 Å². The molecule has 0 aliphatic rings. The van der Waals surface area contributed by atoms with E-state index in [1.54, 1.807) is 12.3 Å². The Kier molecular flexibility index (Phi) is 5.31. The fourth-order valence-electron chi connectivity index (χ4n) is 2.05. The van der Waals surface area contributed by atoms with Crippen molar-refractivity contribution in [3.63, 3.8) is 0 Å². The Morgan fingerprint density at radius 3 is 2.86 bits per heavy atom. The first-order chi connectivity index (χ1) is 9.97. The van der Waals surface area contributed by atoms with E-state index in [0.29, 0.717) is 28.4 Å². The van der Waals surface area contributed by atoms with Crippen LogP contribution in [-0.2, 0) is 10.8 Å². The molecule has 0 spiro atoms. The minimum atomic E-state index is -0.854. The molecule has 0 bridgehead atoms. The SMILES string of the molecule is CC(CCS(C)=O)NC(=O)c1cc(Cl)nc2ccccc12. The predicted molar refractivity (Wildman–Crippen MR) is 87.2 cm³/mol. The highest BCUT2D eigenvalue weighted by atomic mass is 35.5. The Labute approximate surface area is 131 Å². The second kappa shape index (κ2) is 7.00. The molecule has 1 amide bonds. The maximum absolute atomic E-state index is 12.4. The molecule has 2 rings (SSSR count). The summed E-state index contributed by atoms with van der Waals surface area (Å²) in [5.74, 6) is 0.379. The number of hydrogen-bond donors (Lipinski definition) is 1. The molecule has 21 heavy (non-hydrogen) atoms. The van der Waals surface area contributed by atoms with Crippen molar-refractivity contribution in [2.75, 3.05) is 12.0 Å². The van der Waals surface area contributed by atoms with Gasteiger partial charge in [-0.2, -0.15) is 0 Å². The van der Waals surface area contributed by atoms with Crippen molar-refractivity contribution >= 4 is 39.2 Å². The van der Waals surface area contributed by atoms with Gasteiger partial charge >= 0.3 is 0 Å². The lowest BCUT2D eigenvalue weighted by Gasteiger charge is -2.14. The van der Waals surface area contributed by atoms with Crippen LogP contribution in [0.1, 0.15) is 23.7 Å². The standard InChI is InChI=1S/C15H17ClN2O2S/c1-10(7-8-21(2)20)17-15(19)12-9-14(16)18-13-6-4-3-5-11(12)13/h3-6,9-10H,7-8H2,1-2H3,(H,17,19). The van der Waals surface area contributed by atoms with Crippen molar-refractivity contribution in [3.05, 3.63) is 41.0 Å². The predicted octanol–water partition coefficient (Wildman–Crippen LogP) is 2.78. The largest absolute Gasteiger partial charge is 0.350 e. The summed E-state index contributed by atoms with van der Waals surface area (Å²) in [7, 11) is -0.854. The number of pyridine rings is 1. The van der Waals surface area contributed by atoms with Crippen LogP contribution >= 0.6 is 11.6 Å². The summed E-state index contributed by atoms with van der Waals surface area (Å²) in [5, 5.41) is 3.97. The smallest absolute Gasteiger partial charge is 0.252 e. The van der Waals surface area contributed by atoms with Crippen LogP contribution in [0.3, 0.4) is 0 Å². The monoisotopic (exact) mass is 324 g/mol. The maximum atomic E-state index is 12.4. The van der Waals surface area contributed by atoms with Crippen LogP contribution in [0.15, 0.2) is 30.3 Å². The van der Waals surface area contributed by atoms with Gasteiger partial charge in [-0.15, -0.1) is 0 Å². The van der Waals surface area contributed by atoms with Crippen LogP contribution in [0.4, 0.5) is 0 Å². The zero-order chi connectivity index (χ0) is 15.4. The summed E-state index contributed by atoms with van der Waals surface area (Å²) >= 11 is 5.98. The van der Waals surface area contributed by atoms with Crippen molar-refractivity contribution in [2.45, 2.75) is 19.4 Å². The van der Waals surface area contributed by atoms with E-state index in [0.717, 1.165) is 5.39 Å². The van der Waals surface area contributed by atoms with Crippen LogP contribution < -0.4 is 5.32 Å². The van der Waals surface area contributed by atoms with Crippen LogP contribution in [-0.4, -0.2) is 33.2 Å². The molecular formula is C15H17ClN2O2S. The lowest BCUT2D eigenvalue weighted by molar-refractivity contribution is 0.0941. The molecule has 2 atom stereocenters. The number of carbonyl (C=O) groups is 1. The number of amides is 1. The summed E-state index contributed by atoms with van der Waals surface area (Å²) in [6.07, 6.45) is 2.33. The highest BCUT2D eigenvalue weighted by Gasteiger charge is 2.14. The fraction of sp³-hybridized carbons (Fsp3) is 0.333. The van der Waals surface area contributed by atoms with Gasteiger partial charge in [0.1, 0.15) is 5.15 Å². The normalized spacial score (nSPS) is 13.9. The van der Waals surface area contributed by atoms with Crippen LogP contribution in [0.25, 0.3) is 10.9 Å². The van der Waals surface area contributed by atoms with Crippen molar-refractivity contribution in [2.24, 2.45) is 0 Å². The molecule has 1 heterocycles. The second-order valence-corrected chi connectivity index (χ2v) is 6.89. The minimum absolute atomic E-state index is 0.0490. The Morgan fingerprint density at radius 1 is 1.43 bits per heavy atom. The number of carbonyl (C=O) groups excluding carboxylic acids is 1. The van der Waals surface area contributed by atoms with Gasteiger partial charge in [-0.25, -0.2) is 4.98 Å². The molecule has 0 saturated carbocycles. The van der Waals surface area contributed by atoms with E-state index in [9.17, 15) is 9.00 Å². The molecular weight excluding hydrogens is 308 g/mol. The molecule has 2 aromatic rings. The van der Waals surface area contributed by atoms with Crippen LogP contribution in [0.2, 0.25) is 5.15 Å². The summed E-state index contributed by atoms with van der Waals surface area (Å²) < 4.78 is 11.1. The van der Waals surface area contributed by atoms with Gasteiger partial charge in [0.25, 0.3) is 5.91 Å². The Balaban J connectivity index is 2.21. The molecule has 0 aliphatic carbocycles. The summed E-state index contributed by atoms with van der Waals surface area (Å²) in [5.41, 5.74) is 1.20. The topological polar surface area (TPSA) is 59.1 Å². The van der Waals surface area contributed by atoms with Crippen molar-refractivity contribution in [1.82, 2.24) is 10.3 Å². The second-order valence-electron chi connectivity index (χ2n) is 4.95. The zero-order valence-corrected chi connectivity index (χ0v) is 13.5. The Hall–Kier alpha value is -1.46. The molecule has 6 heteroatoms. The molecule has 1 N–H and O–H groups in total. The van der Waals surface area contributed by atoms with E-state index in [4.69, 9.17) is 11.6 Å². The van der Waals surface area contributed by atoms with Crippen LogP contribution in [0.5, 0.6) is 0 Å². The average molecular weight is 325 g/mol. The summed E-state index contributed by atoms with van der Waals surface area (Å²) in [6.45, 7) is 1.90. The van der Waals surface area contributed by atoms with Gasteiger partial charge in [-0.05, 0) is 25.5 Å². The molecule has 4 nitrogen and oxygen atoms in total. The van der Waals surface area contributed by atoms with Gasteiger partial charge in [0.05, 0.1) is 11.1 Å². The van der Waals surface area contributed by atoms with Gasteiger partial charge in [0.15, 0.2) is 0 Å². The Morgan fingerprint density at radius 2 is 2.14 bits per heavy atom. The van der Waals surface area contributed by atoms with Crippen molar-refractivity contribution in [3.8, 4) is 0 Å². The molecule has 0 radical (unpaired) electrons. The van der Waals surface area contributed by atoms with E-state index >= 15 is 0 Å². The van der Waals surface area contributed by atoms with Gasteiger partial charge in [0.2, 0.25) is 0 Å². The molecule has 2 unspecified atom stereocenters. The molecule has 112 valence electrons. The van der Waals surface area contributed by atoms with E-state index in [2.05, 4.69) is 10.3 Å². The van der Waals surface area contributed by atoms with E-state index in [1.165, 1.54) is 0 Å². The number of rotatable bonds is 5. The third-order valence-corrected chi connectivity index (χ3v) is 4.15. The number of nitrogens with one attached hydrogen (secondary N) is 1. The molecule has 0 fully saturated rings. The van der Waals surface area contributed by atoms with E-state index < -0.39 is 10.8 Å². The number of halogens is 1. The molecule has 1 aromatic heterocycles. The Bertz CT molecular complexity index is 690. The highest BCUT2D eigenvalue weighted by molar-refractivity contribution is 7.84. The zero-order valence-electron chi connectivity index (χ0n) is 11.9. The first-order valence-electron chi connectivity index (χ1n) is 6.63. The summed E-state index contributed by atoms with van der Waals surface area (Å²) in [4.78, 5) is 16.6. The first-order valence-corrected chi connectivity index (χ1v) is 8.74. The molecule has 0 aliphatic heterocycles. The molecule has 0 saturated heterocycles. The van der Waals surface area contributed by atoms with Gasteiger partial charge in [-0.3, -0.25) is 9.00 Å². The number of para-hydroxylation sites is 1. The number of benzene rings is 1.